The molecule has 0 amide bonds. The van der Waals surface area contributed by atoms with Crippen molar-refractivity contribution in [3.63, 3.8) is 0 Å². The summed E-state index contributed by atoms with van der Waals surface area (Å²) in [6.45, 7) is 18.3. The van der Waals surface area contributed by atoms with E-state index in [1.807, 2.05) is 30.3 Å². The van der Waals surface area contributed by atoms with Crippen molar-refractivity contribution >= 4 is 78.9 Å². The molecule has 5 aliphatic heterocycles. The Morgan fingerprint density at radius 3 is 0.973 bits per heavy atom. The number of aromatic nitrogens is 3. The summed E-state index contributed by atoms with van der Waals surface area (Å²) in [7, 11) is 0. The molecular formula is C85H101N11O11S3. The van der Waals surface area contributed by atoms with Gasteiger partial charge in [0.1, 0.15) is 50.1 Å². The fraction of sp³-hybridized carbons (Fsp3) is 0.529. The van der Waals surface area contributed by atoms with Crippen LogP contribution in [0.25, 0.3) is 32.9 Å². The number of hydrogen-bond acceptors (Lipinski definition) is 23. The number of aliphatic hydroxyl groups is 1. The summed E-state index contributed by atoms with van der Waals surface area (Å²) in [4.78, 5) is 37.9. The number of nitriles is 3. The number of thiophene rings is 3. The molecule has 9 aromatic rings. The smallest absolute Gasteiger partial charge is 0.328 e. The lowest BCUT2D eigenvalue weighted by molar-refractivity contribution is -0.134. The second-order valence-electron chi connectivity index (χ2n) is 31.2. The molecular weight excluding hydrogens is 1450 g/mol. The van der Waals surface area contributed by atoms with E-state index >= 15 is 0 Å². The summed E-state index contributed by atoms with van der Waals surface area (Å²) in [5.41, 5.74) is 8.79. The highest BCUT2D eigenvalue weighted by Crippen LogP contribution is 2.41. The van der Waals surface area contributed by atoms with E-state index in [1.165, 1.54) is 126 Å². The van der Waals surface area contributed by atoms with Crippen LogP contribution in [-0.2, 0) is 68.2 Å². The Morgan fingerprint density at radius 2 is 0.709 bits per heavy atom. The first-order valence-corrected chi connectivity index (χ1v) is 42.2. The van der Waals surface area contributed by atoms with Gasteiger partial charge in [0, 0.05) is 75.7 Å². The molecule has 0 spiro atoms. The molecule has 6 aromatic heterocycles. The Bertz CT molecular complexity index is 4500. The molecule has 3 saturated carbocycles. The predicted octanol–water partition coefficient (Wildman–Crippen LogP) is 15.8. The maximum Gasteiger partial charge on any atom is 0.328 e. The lowest BCUT2D eigenvalue weighted by Crippen LogP contribution is -2.36. The van der Waals surface area contributed by atoms with Crippen molar-refractivity contribution in [2.24, 2.45) is 35.5 Å². The molecule has 0 radical (unpaired) electrons. The van der Waals surface area contributed by atoms with E-state index in [4.69, 9.17) is 53.8 Å². The number of ether oxygens (including phenoxy) is 3. The number of aliphatic carboxylic acids is 2. The van der Waals surface area contributed by atoms with Crippen LogP contribution in [0.5, 0.6) is 17.2 Å². The average molecular weight is 1550 g/mol. The number of aliphatic hydroxyl groups excluding tert-OH is 1. The van der Waals surface area contributed by atoms with Crippen LogP contribution in [0.4, 0.5) is 0 Å². The topological polar surface area (TPSA) is 288 Å². The van der Waals surface area contributed by atoms with Gasteiger partial charge in [-0.25, -0.2) is 9.59 Å². The lowest BCUT2D eigenvalue weighted by Gasteiger charge is -2.31. The molecule has 5 saturated heterocycles. The van der Waals surface area contributed by atoms with Gasteiger partial charge in [-0.3, -0.25) is 24.5 Å². The second-order valence-corrected chi connectivity index (χ2v) is 34.7. The maximum atomic E-state index is 9.90. The number of carboxylic acid groups (broad SMARTS) is 2. The molecule has 8 aliphatic rings. The first-order chi connectivity index (χ1) is 53.8. The van der Waals surface area contributed by atoms with E-state index in [1.54, 1.807) is 34.0 Å². The van der Waals surface area contributed by atoms with Crippen molar-refractivity contribution in [3.8, 4) is 35.5 Å². The first-order valence-electron chi connectivity index (χ1n) is 39.8. The molecule has 11 heterocycles. The van der Waals surface area contributed by atoms with E-state index in [2.05, 4.69) is 101 Å². The predicted molar refractivity (Wildman–Crippen MR) is 423 cm³/mol. The molecule has 0 bridgehead atoms. The number of carboxylic acids is 2. The van der Waals surface area contributed by atoms with Gasteiger partial charge in [0.2, 0.25) is 0 Å². The van der Waals surface area contributed by atoms with E-state index in [0.29, 0.717) is 41.7 Å². The second kappa shape index (κ2) is 38.1. The highest BCUT2D eigenvalue weighted by atomic mass is 32.1. The van der Waals surface area contributed by atoms with Crippen molar-refractivity contribution in [2.45, 2.75) is 168 Å². The van der Waals surface area contributed by atoms with Gasteiger partial charge in [0.15, 0.2) is 16.7 Å². The highest BCUT2D eigenvalue weighted by molar-refractivity contribution is 7.13. The summed E-state index contributed by atoms with van der Waals surface area (Å²) < 4.78 is 35.9. The molecule has 25 heteroatoms. The minimum absolute atomic E-state index is 0.107. The molecule has 0 atom stereocenters. The minimum Gasteiger partial charge on any atom is -0.493 e. The normalized spacial score (nSPS) is 18.3. The van der Waals surface area contributed by atoms with E-state index in [0.717, 1.165) is 239 Å². The monoisotopic (exact) mass is 1550 g/mol. The molecule has 0 unspecified atom stereocenters. The summed E-state index contributed by atoms with van der Waals surface area (Å²) in [6, 6.07) is 31.4. The van der Waals surface area contributed by atoms with E-state index in [9.17, 15) is 14.7 Å². The molecule has 3 aromatic carbocycles. The van der Waals surface area contributed by atoms with Crippen LogP contribution in [0, 0.1) is 69.5 Å². The number of hydrogen-bond donors (Lipinski definition) is 3. The standard InChI is InChI=1S/2C28H34N4O2S.C25H29N3O3S.C4H4O4/c2*29-16-22-5-6-23(35-22)17-32-14-10-20(11-15-32)4-8-26-24-7-9-27(33-19-21-2-3-21)25(28(24)34-30-26)18-31-12-1-13-31;26-13-19-4-5-20(32-19)14-28-11-9-17(10-12-28)3-7-23-21-6-8-24(30-16-18-1-2-18)22(15-29)25(21)31-27-23;5-3(6)1-2-4(7)8/h2*5-7,9,20-21H,1-4,8,10-15,17-19H2;4-6,8,17-18,29H,1-3,7,9-12,14-16H2;1-2H,(H,5,6)(H,7,8)/b;;;2-1+. The Hall–Kier alpha value is -8.52. The van der Waals surface area contributed by atoms with Crippen LogP contribution in [0.1, 0.15) is 172 Å². The zero-order chi connectivity index (χ0) is 75.7. The third-order valence-electron chi connectivity index (χ3n) is 23.0. The summed E-state index contributed by atoms with van der Waals surface area (Å²) in [5, 5.41) is 69.4. The summed E-state index contributed by atoms with van der Waals surface area (Å²) >= 11 is 4.84. The largest absolute Gasteiger partial charge is 0.493 e. The van der Waals surface area contributed by atoms with Crippen LogP contribution in [-0.4, -0.2) is 152 Å². The molecule has 3 aliphatic carbocycles. The zero-order valence-electron chi connectivity index (χ0n) is 62.9. The van der Waals surface area contributed by atoms with Gasteiger partial charge in [-0.15, -0.1) is 34.0 Å². The fourth-order valence-electron chi connectivity index (χ4n) is 15.4. The number of piperidine rings is 3. The SMILES string of the molecule is N#Cc1ccc(CN2CCC(CCc3noc4c(CN5CCC5)c(OCC5CC5)ccc34)CC2)s1.N#Cc1ccc(CN2CCC(CCc3noc4c(CN5CCC5)c(OCC5CC5)ccc34)CC2)s1.N#Cc1ccc(CN2CCC(CCc3noc4c(CO)c(OCC5CC5)ccc34)CC2)s1.O=C(O)/C=C/C(=O)O. The van der Waals surface area contributed by atoms with Gasteiger partial charge < -0.3 is 43.1 Å². The van der Waals surface area contributed by atoms with Crippen molar-refractivity contribution in [1.29, 1.82) is 15.8 Å². The van der Waals surface area contributed by atoms with Gasteiger partial charge in [-0.2, -0.15) is 15.8 Å². The van der Waals surface area contributed by atoms with Gasteiger partial charge in [0.05, 0.1) is 60.2 Å². The maximum absolute atomic E-state index is 9.90. The molecule has 8 fully saturated rings. The highest BCUT2D eigenvalue weighted by Gasteiger charge is 2.31. The number of carbonyl (C=O) groups is 2. The van der Waals surface area contributed by atoms with Crippen LogP contribution in [0.2, 0.25) is 0 Å². The van der Waals surface area contributed by atoms with Crippen molar-refractivity contribution < 1.29 is 52.7 Å². The Kier molecular flexibility index (Phi) is 27.1. The van der Waals surface area contributed by atoms with Crippen molar-refractivity contribution in [2.75, 3.05) is 85.3 Å². The summed E-state index contributed by atoms with van der Waals surface area (Å²) in [6.07, 6.45) is 24.9. The fourth-order valence-corrected chi connectivity index (χ4v) is 17.9. The number of nitrogens with zero attached hydrogens (tertiary/aromatic N) is 11. The number of rotatable bonds is 31. The third kappa shape index (κ3) is 21.8. The van der Waals surface area contributed by atoms with Gasteiger partial charge in [0.25, 0.3) is 0 Å². The van der Waals surface area contributed by atoms with Crippen LogP contribution in [0.15, 0.2) is 98.5 Å². The van der Waals surface area contributed by atoms with Crippen molar-refractivity contribution in [1.82, 2.24) is 40.0 Å². The molecule has 22 nitrogen and oxygen atoms in total. The summed E-state index contributed by atoms with van der Waals surface area (Å²) in [5.74, 6) is 4.46. The number of likely N-dealkylation sites (tertiary alicyclic amines) is 5. The Labute approximate surface area is 655 Å². The molecule has 17 rings (SSSR count). The van der Waals surface area contributed by atoms with E-state index < -0.39 is 11.9 Å². The van der Waals surface area contributed by atoms with Gasteiger partial charge in [-0.1, -0.05) is 15.5 Å². The zero-order valence-corrected chi connectivity index (χ0v) is 65.3. The molecule has 110 heavy (non-hydrogen) atoms. The lowest BCUT2D eigenvalue weighted by atomic mass is 9.91. The first kappa shape index (κ1) is 78.2. The third-order valence-corrected chi connectivity index (χ3v) is 25.9. The Balaban J connectivity index is 0.000000131. The quantitative estimate of drug-likeness (QED) is 0.0340. The molecule has 580 valence electrons. The Morgan fingerprint density at radius 1 is 0.409 bits per heavy atom. The van der Waals surface area contributed by atoms with Crippen LogP contribution < -0.4 is 14.2 Å². The van der Waals surface area contributed by atoms with Gasteiger partial charge >= 0.3 is 11.9 Å². The number of benzene rings is 3. The van der Waals surface area contributed by atoms with Crippen LogP contribution >= 0.6 is 34.0 Å². The molecule has 3 N–H and O–H groups in total. The number of fused-ring (bicyclic) bond motifs is 3. The number of aryl methyl sites for hydroxylation is 3. The van der Waals surface area contributed by atoms with Crippen LogP contribution in [0.3, 0.4) is 0 Å². The minimum atomic E-state index is -1.26. The van der Waals surface area contributed by atoms with E-state index in [-0.39, 0.29) is 6.61 Å². The van der Waals surface area contributed by atoms with Crippen molar-refractivity contribution in [3.05, 3.63) is 148 Å². The van der Waals surface area contributed by atoms with Gasteiger partial charge in [-0.05, 0) is 302 Å². The average Bonchev–Trinajstić information content (AvgIpc) is 1.60.